The van der Waals surface area contributed by atoms with Gasteiger partial charge in [0.1, 0.15) is 5.75 Å². The van der Waals surface area contributed by atoms with Gasteiger partial charge in [-0.3, -0.25) is 0 Å². The molecular weight excluding hydrogens is 296 g/mol. The van der Waals surface area contributed by atoms with Crippen molar-refractivity contribution in [3.8, 4) is 11.8 Å². The van der Waals surface area contributed by atoms with Gasteiger partial charge in [-0.15, -0.1) is 0 Å². The first-order chi connectivity index (χ1) is 11.2. The number of rotatable bonds is 7. The summed E-state index contributed by atoms with van der Waals surface area (Å²) in [7, 11) is 3.39. The second-order valence-electron chi connectivity index (χ2n) is 4.86. The van der Waals surface area contributed by atoms with Crippen molar-refractivity contribution >= 4 is 11.7 Å². The molecule has 1 aromatic heterocycles. The summed E-state index contributed by atoms with van der Waals surface area (Å²) >= 11 is 0. The average molecular weight is 316 g/mol. The van der Waals surface area contributed by atoms with E-state index in [1.54, 1.807) is 61.8 Å². The molecule has 0 atom stereocenters. The van der Waals surface area contributed by atoms with Gasteiger partial charge in [-0.1, -0.05) is 0 Å². The van der Waals surface area contributed by atoms with Crippen molar-refractivity contribution in [1.29, 1.82) is 0 Å². The molecule has 0 spiro atoms. The van der Waals surface area contributed by atoms with Crippen LogP contribution in [0.5, 0.6) is 11.8 Å². The smallest absolute Gasteiger partial charge is 0.321 e. The van der Waals surface area contributed by atoms with Gasteiger partial charge in [-0.05, 0) is 36.8 Å². The molecule has 2 rings (SSSR count). The number of urea groups is 1. The van der Waals surface area contributed by atoms with Crippen LogP contribution >= 0.6 is 0 Å². The zero-order valence-electron chi connectivity index (χ0n) is 13.2. The average Bonchev–Trinajstić information content (AvgIpc) is 2.57. The second kappa shape index (κ2) is 8.70. The maximum absolute atomic E-state index is 12.0. The Labute approximate surface area is 135 Å². The molecule has 0 aliphatic carbocycles. The number of aromatic nitrogens is 2. The standard InChI is InChI=1S/C16H20N4O3/c1-20(11-4-12-22-2)16(21)19-13-5-7-14(8-6-13)23-15-17-9-3-10-18-15/h3,5-10H,4,11-12H2,1-2H3,(H,19,21). The minimum Gasteiger partial charge on any atom is -0.424 e. The quantitative estimate of drug-likeness (QED) is 0.795. The highest BCUT2D eigenvalue weighted by atomic mass is 16.5. The molecule has 1 heterocycles. The summed E-state index contributed by atoms with van der Waals surface area (Å²) in [6.45, 7) is 1.26. The largest absolute Gasteiger partial charge is 0.424 e. The molecule has 0 saturated carbocycles. The van der Waals surface area contributed by atoms with Crippen molar-refractivity contribution in [2.75, 3.05) is 32.6 Å². The number of nitrogens with zero attached hydrogens (tertiary/aromatic N) is 3. The number of benzene rings is 1. The van der Waals surface area contributed by atoms with Crippen molar-refractivity contribution in [3.05, 3.63) is 42.7 Å². The molecule has 0 radical (unpaired) electrons. The molecule has 1 aromatic carbocycles. The van der Waals surface area contributed by atoms with Gasteiger partial charge in [0.25, 0.3) is 0 Å². The van der Waals surface area contributed by atoms with E-state index < -0.39 is 0 Å². The van der Waals surface area contributed by atoms with E-state index >= 15 is 0 Å². The van der Waals surface area contributed by atoms with Gasteiger partial charge in [0.05, 0.1) is 0 Å². The fourth-order valence-corrected chi connectivity index (χ4v) is 1.82. The number of hydrogen-bond donors (Lipinski definition) is 1. The normalized spacial score (nSPS) is 10.2. The Bertz CT molecular complexity index is 604. The SMILES string of the molecule is COCCCN(C)C(=O)Nc1ccc(Oc2ncccn2)cc1. The molecule has 7 heteroatoms. The highest BCUT2D eigenvalue weighted by molar-refractivity contribution is 5.89. The fraction of sp³-hybridized carbons (Fsp3) is 0.312. The molecule has 0 aliphatic heterocycles. The van der Waals surface area contributed by atoms with Crippen LogP contribution in [0.15, 0.2) is 42.7 Å². The number of anilines is 1. The van der Waals surface area contributed by atoms with Crippen LogP contribution in [0.3, 0.4) is 0 Å². The highest BCUT2D eigenvalue weighted by Gasteiger charge is 2.08. The van der Waals surface area contributed by atoms with Crippen LogP contribution in [-0.4, -0.2) is 48.2 Å². The van der Waals surface area contributed by atoms with E-state index in [-0.39, 0.29) is 12.0 Å². The van der Waals surface area contributed by atoms with Crippen molar-refractivity contribution in [1.82, 2.24) is 14.9 Å². The molecule has 0 bridgehead atoms. The number of ether oxygens (including phenoxy) is 2. The molecule has 1 N–H and O–H groups in total. The number of amides is 2. The predicted octanol–water partition coefficient (Wildman–Crippen LogP) is 2.77. The highest BCUT2D eigenvalue weighted by Crippen LogP contribution is 2.19. The lowest BCUT2D eigenvalue weighted by atomic mass is 10.3. The number of hydrogen-bond acceptors (Lipinski definition) is 5. The number of carbonyl (C=O) groups excluding carboxylic acids is 1. The van der Waals surface area contributed by atoms with Gasteiger partial charge in [0.2, 0.25) is 0 Å². The van der Waals surface area contributed by atoms with Crippen LogP contribution in [-0.2, 0) is 4.74 Å². The lowest BCUT2D eigenvalue weighted by Crippen LogP contribution is -2.32. The van der Waals surface area contributed by atoms with E-state index in [1.807, 2.05) is 0 Å². The van der Waals surface area contributed by atoms with Gasteiger partial charge in [0.15, 0.2) is 0 Å². The zero-order valence-corrected chi connectivity index (χ0v) is 13.2. The maximum Gasteiger partial charge on any atom is 0.321 e. The molecule has 2 aromatic rings. The maximum atomic E-state index is 12.0. The second-order valence-corrected chi connectivity index (χ2v) is 4.86. The Morgan fingerprint density at radius 2 is 1.91 bits per heavy atom. The van der Waals surface area contributed by atoms with E-state index in [9.17, 15) is 4.79 Å². The van der Waals surface area contributed by atoms with Crippen molar-refractivity contribution in [2.24, 2.45) is 0 Å². The van der Waals surface area contributed by atoms with Crippen LogP contribution in [0.1, 0.15) is 6.42 Å². The van der Waals surface area contributed by atoms with Crippen LogP contribution in [0.2, 0.25) is 0 Å². The summed E-state index contributed by atoms with van der Waals surface area (Å²) in [4.78, 5) is 21.6. The van der Waals surface area contributed by atoms with Gasteiger partial charge in [0, 0.05) is 45.4 Å². The molecule has 2 amide bonds. The lowest BCUT2D eigenvalue weighted by Gasteiger charge is -2.17. The Morgan fingerprint density at radius 3 is 2.57 bits per heavy atom. The van der Waals surface area contributed by atoms with Gasteiger partial charge < -0.3 is 19.7 Å². The molecular formula is C16H20N4O3. The number of methoxy groups -OCH3 is 1. The third-order valence-corrected chi connectivity index (χ3v) is 3.05. The summed E-state index contributed by atoms with van der Waals surface area (Å²) in [6, 6.07) is 8.85. The van der Waals surface area contributed by atoms with Crippen molar-refractivity contribution in [3.63, 3.8) is 0 Å². The third-order valence-electron chi connectivity index (χ3n) is 3.05. The van der Waals surface area contributed by atoms with Gasteiger partial charge >= 0.3 is 12.0 Å². The molecule has 23 heavy (non-hydrogen) atoms. The Hall–Kier alpha value is -2.67. The third kappa shape index (κ3) is 5.55. The number of carbonyl (C=O) groups is 1. The molecule has 122 valence electrons. The first-order valence-corrected chi connectivity index (χ1v) is 7.25. The topological polar surface area (TPSA) is 76.6 Å². The summed E-state index contributed by atoms with van der Waals surface area (Å²) in [5.41, 5.74) is 0.690. The first-order valence-electron chi connectivity index (χ1n) is 7.25. The molecule has 7 nitrogen and oxygen atoms in total. The number of nitrogens with one attached hydrogen (secondary N) is 1. The van der Waals surface area contributed by atoms with Crippen molar-refractivity contribution < 1.29 is 14.3 Å². The lowest BCUT2D eigenvalue weighted by molar-refractivity contribution is 0.179. The Kier molecular flexibility index (Phi) is 6.31. The van der Waals surface area contributed by atoms with E-state index in [2.05, 4.69) is 15.3 Å². The summed E-state index contributed by atoms with van der Waals surface area (Å²) < 4.78 is 10.5. The van der Waals surface area contributed by atoms with E-state index in [4.69, 9.17) is 9.47 Å². The van der Waals surface area contributed by atoms with E-state index in [0.717, 1.165) is 6.42 Å². The van der Waals surface area contributed by atoms with Crippen molar-refractivity contribution in [2.45, 2.75) is 6.42 Å². The Balaban J connectivity index is 1.86. The summed E-state index contributed by atoms with van der Waals surface area (Å²) in [5, 5.41) is 2.82. The van der Waals surface area contributed by atoms with Gasteiger partial charge in [-0.2, -0.15) is 0 Å². The van der Waals surface area contributed by atoms with E-state index in [1.165, 1.54) is 0 Å². The molecule has 0 unspecified atom stereocenters. The summed E-state index contributed by atoms with van der Waals surface area (Å²) in [5.74, 6) is 0.600. The molecule has 0 aliphatic rings. The van der Waals surface area contributed by atoms with Crippen LogP contribution in [0.25, 0.3) is 0 Å². The first kappa shape index (κ1) is 16.7. The fourth-order valence-electron chi connectivity index (χ4n) is 1.82. The zero-order chi connectivity index (χ0) is 16.5. The monoisotopic (exact) mass is 316 g/mol. The molecule has 0 fully saturated rings. The minimum absolute atomic E-state index is 0.166. The van der Waals surface area contributed by atoms with Gasteiger partial charge in [-0.25, -0.2) is 14.8 Å². The Morgan fingerprint density at radius 1 is 1.22 bits per heavy atom. The van der Waals surface area contributed by atoms with Crippen LogP contribution in [0.4, 0.5) is 10.5 Å². The molecule has 0 saturated heterocycles. The minimum atomic E-state index is -0.166. The summed E-state index contributed by atoms with van der Waals surface area (Å²) in [6.07, 6.45) is 4.01. The van der Waals surface area contributed by atoms with Crippen LogP contribution < -0.4 is 10.1 Å². The predicted molar refractivity (Wildman–Crippen MR) is 86.7 cm³/mol. The van der Waals surface area contributed by atoms with E-state index in [0.29, 0.717) is 24.6 Å². The van der Waals surface area contributed by atoms with Crippen LogP contribution in [0, 0.1) is 0 Å².